The fourth-order valence-electron chi connectivity index (χ4n) is 2.83. The summed E-state index contributed by atoms with van der Waals surface area (Å²) in [6.07, 6.45) is 2.07. The van der Waals surface area contributed by atoms with Gasteiger partial charge in [0.05, 0.1) is 6.61 Å². The lowest BCUT2D eigenvalue weighted by molar-refractivity contribution is 0.144. The third-order valence-corrected chi connectivity index (χ3v) is 4.84. The van der Waals surface area contributed by atoms with Crippen LogP contribution in [0.15, 0.2) is 24.3 Å². The maximum absolute atomic E-state index is 12.4. The highest BCUT2D eigenvalue weighted by Gasteiger charge is 2.25. The van der Waals surface area contributed by atoms with Crippen LogP contribution in [0.4, 0.5) is 9.93 Å². The van der Waals surface area contributed by atoms with Gasteiger partial charge in [0.2, 0.25) is 5.13 Å². The molecule has 128 valence electrons. The van der Waals surface area contributed by atoms with Gasteiger partial charge in [-0.2, -0.15) is 4.37 Å². The highest BCUT2D eigenvalue weighted by atomic mass is 32.1. The molecule has 1 aromatic heterocycles. The van der Waals surface area contributed by atoms with Gasteiger partial charge in [-0.3, -0.25) is 5.32 Å². The number of aryl methyl sites for hydroxylation is 2. The number of hydrogen-bond donors (Lipinski definition) is 1. The molecule has 7 heteroatoms. The first-order valence-corrected chi connectivity index (χ1v) is 8.94. The van der Waals surface area contributed by atoms with E-state index < -0.39 is 0 Å². The number of carbonyl (C=O) groups is 1. The number of anilines is 1. The molecule has 1 aliphatic heterocycles. The number of para-hydroxylation sites is 1. The van der Waals surface area contributed by atoms with Crippen LogP contribution in [0.1, 0.15) is 24.2 Å². The molecule has 0 aliphatic carbocycles. The third-order valence-electron chi connectivity index (χ3n) is 4.12. The van der Waals surface area contributed by atoms with E-state index in [0.29, 0.717) is 30.0 Å². The maximum atomic E-state index is 12.4. The van der Waals surface area contributed by atoms with Gasteiger partial charge in [0.25, 0.3) is 0 Å². The Morgan fingerprint density at radius 2 is 2.25 bits per heavy atom. The van der Waals surface area contributed by atoms with Gasteiger partial charge in [-0.25, -0.2) is 9.78 Å². The minimum atomic E-state index is -0.105. The molecule has 2 heterocycles. The molecular formula is C17H22N4O2S. The molecule has 2 aromatic rings. The molecular weight excluding hydrogens is 324 g/mol. The summed E-state index contributed by atoms with van der Waals surface area (Å²) in [5.74, 6) is 1.95. The van der Waals surface area contributed by atoms with E-state index in [2.05, 4.69) is 14.7 Å². The second-order valence-electron chi connectivity index (χ2n) is 6.11. The van der Waals surface area contributed by atoms with E-state index in [1.165, 1.54) is 11.5 Å². The quantitative estimate of drug-likeness (QED) is 0.920. The minimum absolute atomic E-state index is 0.105. The van der Waals surface area contributed by atoms with Gasteiger partial charge < -0.3 is 9.64 Å². The minimum Gasteiger partial charge on any atom is -0.493 e. The highest BCUT2D eigenvalue weighted by Crippen LogP contribution is 2.22. The van der Waals surface area contributed by atoms with Crippen LogP contribution in [-0.4, -0.2) is 40.0 Å². The highest BCUT2D eigenvalue weighted by molar-refractivity contribution is 7.09. The lowest BCUT2D eigenvalue weighted by atomic mass is 9.99. The van der Waals surface area contributed by atoms with Gasteiger partial charge in [-0.1, -0.05) is 18.2 Å². The van der Waals surface area contributed by atoms with Gasteiger partial charge in [0, 0.05) is 30.5 Å². The van der Waals surface area contributed by atoms with Gasteiger partial charge in [0.15, 0.2) is 0 Å². The number of aromatic nitrogens is 2. The van der Waals surface area contributed by atoms with Crippen molar-refractivity contribution >= 4 is 22.7 Å². The second-order valence-corrected chi connectivity index (χ2v) is 6.86. The third kappa shape index (κ3) is 4.23. The topological polar surface area (TPSA) is 67.4 Å². The summed E-state index contributed by atoms with van der Waals surface area (Å²) in [7, 11) is 0. The lowest BCUT2D eigenvalue weighted by Crippen LogP contribution is -2.43. The Morgan fingerprint density at radius 3 is 3.00 bits per heavy atom. The number of rotatable bonds is 4. The summed E-state index contributed by atoms with van der Waals surface area (Å²) >= 11 is 1.21. The molecule has 0 unspecified atom stereocenters. The summed E-state index contributed by atoms with van der Waals surface area (Å²) in [5.41, 5.74) is 1.13. The Kier molecular flexibility index (Phi) is 5.30. The van der Waals surface area contributed by atoms with Crippen LogP contribution in [0.2, 0.25) is 0 Å². The molecule has 1 aromatic carbocycles. The maximum Gasteiger partial charge on any atom is 0.323 e. The van der Waals surface area contributed by atoms with Crippen LogP contribution >= 0.6 is 11.5 Å². The number of hydrogen-bond acceptors (Lipinski definition) is 5. The van der Waals surface area contributed by atoms with Crippen molar-refractivity contribution in [1.29, 1.82) is 0 Å². The Bertz CT molecular complexity index is 703. The summed E-state index contributed by atoms with van der Waals surface area (Å²) in [5, 5.41) is 3.38. The van der Waals surface area contributed by atoms with Gasteiger partial charge in [-0.05, 0) is 38.3 Å². The Labute approximate surface area is 146 Å². The van der Waals surface area contributed by atoms with Crippen molar-refractivity contribution in [2.45, 2.75) is 26.7 Å². The normalized spacial score (nSPS) is 17.6. The number of likely N-dealkylation sites (tertiary alicyclic amines) is 1. The van der Waals surface area contributed by atoms with E-state index in [0.717, 1.165) is 30.7 Å². The van der Waals surface area contributed by atoms with E-state index in [9.17, 15) is 4.79 Å². The summed E-state index contributed by atoms with van der Waals surface area (Å²) in [6, 6.07) is 7.91. The standard InChI is InChI=1S/C17H22N4O2S/c1-12-6-3-4-8-15(12)23-11-14-7-5-9-21(10-14)17(22)19-16-18-13(2)20-24-16/h3-4,6,8,14H,5,7,9-11H2,1-2H3,(H,18,19,20,22)/t14-/m1/s1. The fraction of sp³-hybridized carbons (Fsp3) is 0.471. The molecule has 0 radical (unpaired) electrons. The Hall–Kier alpha value is -2.15. The van der Waals surface area contributed by atoms with E-state index in [1.54, 1.807) is 0 Å². The van der Waals surface area contributed by atoms with Crippen LogP contribution in [0, 0.1) is 19.8 Å². The molecule has 1 atom stereocenters. The molecule has 0 saturated carbocycles. The van der Waals surface area contributed by atoms with Crippen LogP contribution in [-0.2, 0) is 0 Å². The zero-order valence-corrected chi connectivity index (χ0v) is 14.8. The van der Waals surface area contributed by atoms with Gasteiger partial charge >= 0.3 is 6.03 Å². The zero-order chi connectivity index (χ0) is 16.9. The van der Waals surface area contributed by atoms with Crippen LogP contribution in [0.3, 0.4) is 0 Å². The van der Waals surface area contributed by atoms with E-state index in [-0.39, 0.29) is 6.03 Å². The number of benzene rings is 1. The molecule has 1 saturated heterocycles. The summed E-state index contributed by atoms with van der Waals surface area (Å²) in [6.45, 7) is 5.96. The van der Waals surface area contributed by atoms with Crippen molar-refractivity contribution in [2.24, 2.45) is 5.92 Å². The molecule has 1 aliphatic rings. The van der Waals surface area contributed by atoms with Gasteiger partial charge in [0.1, 0.15) is 11.6 Å². The molecule has 2 amide bonds. The van der Waals surface area contributed by atoms with E-state index >= 15 is 0 Å². The predicted octanol–water partition coefficient (Wildman–Crippen LogP) is 3.48. The first-order chi connectivity index (χ1) is 11.6. The number of urea groups is 1. The monoisotopic (exact) mass is 346 g/mol. The fourth-order valence-corrected chi connectivity index (χ4v) is 3.40. The van der Waals surface area contributed by atoms with Gasteiger partial charge in [-0.15, -0.1) is 0 Å². The number of carbonyl (C=O) groups excluding carboxylic acids is 1. The lowest BCUT2D eigenvalue weighted by Gasteiger charge is -2.32. The van der Waals surface area contributed by atoms with Crippen molar-refractivity contribution in [3.8, 4) is 5.75 Å². The van der Waals surface area contributed by atoms with Crippen molar-refractivity contribution in [3.63, 3.8) is 0 Å². The first-order valence-electron chi connectivity index (χ1n) is 8.16. The first kappa shape index (κ1) is 16.7. The smallest absolute Gasteiger partial charge is 0.323 e. The van der Waals surface area contributed by atoms with Crippen molar-refractivity contribution < 1.29 is 9.53 Å². The van der Waals surface area contributed by atoms with Crippen molar-refractivity contribution in [3.05, 3.63) is 35.7 Å². The molecule has 1 fully saturated rings. The SMILES string of the molecule is Cc1nsc(NC(=O)N2CCC[C@@H](COc3ccccc3C)C2)n1. The Balaban J connectivity index is 1.52. The second kappa shape index (κ2) is 7.61. The average Bonchev–Trinajstić information content (AvgIpc) is 2.99. The number of ether oxygens (including phenoxy) is 1. The van der Waals surface area contributed by atoms with Crippen molar-refractivity contribution in [1.82, 2.24) is 14.3 Å². The van der Waals surface area contributed by atoms with Crippen LogP contribution in [0.25, 0.3) is 0 Å². The largest absolute Gasteiger partial charge is 0.493 e. The predicted molar refractivity (Wildman–Crippen MR) is 94.6 cm³/mol. The Morgan fingerprint density at radius 1 is 1.42 bits per heavy atom. The summed E-state index contributed by atoms with van der Waals surface area (Å²) in [4.78, 5) is 18.4. The van der Waals surface area contributed by atoms with E-state index in [1.807, 2.05) is 43.0 Å². The van der Waals surface area contributed by atoms with Crippen LogP contribution in [0.5, 0.6) is 5.75 Å². The molecule has 0 spiro atoms. The molecule has 1 N–H and O–H groups in total. The summed E-state index contributed by atoms with van der Waals surface area (Å²) < 4.78 is 10.0. The molecule has 3 rings (SSSR count). The number of nitrogens with one attached hydrogen (secondary N) is 1. The zero-order valence-electron chi connectivity index (χ0n) is 14.0. The molecule has 0 bridgehead atoms. The number of nitrogens with zero attached hydrogens (tertiary/aromatic N) is 3. The number of piperidine rings is 1. The van der Waals surface area contributed by atoms with Crippen LogP contribution < -0.4 is 10.1 Å². The number of amides is 2. The molecule has 6 nitrogen and oxygen atoms in total. The average molecular weight is 346 g/mol. The van der Waals surface area contributed by atoms with Crippen molar-refractivity contribution in [2.75, 3.05) is 25.0 Å². The molecule has 24 heavy (non-hydrogen) atoms. The van der Waals surface area contributed by atoms with E-state index in [4.69, 9.17) is 4.74 Å².